The lowest BCUT2D eigenvalue weighted by Gasteiger charge is -2.42. The van der Waals surface area contributed by atoms with Gasteiger partial charge in [0.25, 0.3) is 0 Å². The number of hydrogen-bond donors (Lipinski definition) is 2. The fraction of sp³-hybridized carbons (Fsp3) is 0.833. The fourth-order valence-corrected chi connectivity index (χ4v) is 3.00. The Hall–Kier alpha value is -1.10. The predicted molar refractivity (Wildman–Crippen MR) is 62.7 cm³/mol. The van der Waals surface area contributed by atoms with Crippen LogP contribution in [0.1, 0.15) is 38.5 Å². The maximum absolute atomic E-state index is 11.6. The van der Waals surface area contributed by atoms with Gasteiger partial charge in [-0.1, -0.05) is 19.3 Å². The first-order chi connectivity index (χ1) is 8.15. The summed E-state index contributed by atoms with van der Waals surface area (Å²) in [7, 11) is 0. The summed E-state index contributed by atoms with van der Waals surface area (Å²) in [4.78, 5) is 24.9. The van der Waals surface area contributed by atoms with Crippen LogP contribution in [-0.2, 0) is 9.59 Å². The Morgan fingerprint density at radius 3 is 2.59 bits per heavy atom. The predicted octanol–water partition coefficient (Wildman–Crippen LogP) is 0.596. The van der Waals surface area contributed by atoms with Gasteiger partial charge in [-0.05, 0) is 12.8 Å². The molecule has 0 aromatic heterocycles. The van der Waals surface area contributed by atoms with Crippen LogP contribution in [0.5, 0.6) is 0 Å². The first kappa shape index (κ1) is 12.4. The molecule has 1 amide bonds. The van der Waals surface area contributed by atoms with E-state index in [9.17, 15) is 14.7 Å². The van der Waals surface area contributed by atoms with E-state index < -0.39 is 11.5 Å². The molecule has 1 saturated carbocycles. The molecule has 1 saturated heterocycles. The third-order valence-electron chi connectivity index (χ3n) is 4.00. The van der Waals surface area contributed by atoms with Gasteiger partial charge in [-0.3, -0.25) is 14.5 Å². The highest BCUT2D eigenvalue weighted by Gasteiger charge is 2.45. The van der Waals surface area contributed by atoms with Crippen LogP contribution in [0.4, 0.5) is 0 Å². The molecule has 2 N–H and O–H groups in total. The van der Waals surface area contributed by atoms with Gasteiger partial charge < -0.3 is 10.4 Å². The molecule has 2 aliphatic rings. The van der Waals surface area contributed by atoms with E-state index in [0.717, 1.165) is 32.1 Å². The molecule has 0 spiro atoms. The minimum absolute atomic E-state index is 0.0313. The van der Waals surface area contributed by atoms with Crippen LogP contribution >= 0.6 is 0 Å². The second kappa shape index (κ2) is 5.04. The molecule has 0 aromatic carbocycles. The number of carboxylic acids is 1. The van der Waals surface area contributed by atoms with Crippen molar-refractivity contribution in [3.63, 3.8) is 0 Å². The van der Waals surface area contributed by atoms with Crippen LogP contribution < -0.4 is 5.32 Å². The van der Waals surface area contributed by atoms with Crippen molar-refractivity contribution in [3.8, 4) is 0 Å². The second-order valence-electron chi connectivity index (χ2n) is 4.98. The summed E-state index contributed by atoms with van der Waals surface area (Å²) in [6, 6.07) is 0. The van der Waals surface area contributed by atoms with Gasteiger partial charge in [-0.25, -0.2) is 0 Å². The summed E-state index contributed by atoms with van der Waals surface area (Å²) < 4.78 is 0. The van der Waals surface area contributed by atoms with Gasteiger partial charge in [0.1, 0.15) is 5.54 Å². The van der Waals surface area contributed by atoms with Gasteiger partial charge in [-0.2, -0.15) is 0 Å². The van der Waals surface area contributed by atoms with E-state index in [1.165, 1.54) is 0 Å². The first-order valence-corrected chi connectivity index (χ1v) is 6.40. The standard InChI is InChI=1S/C12H20N2O3/c15-10-4-8-14(9-7-13-10)12(11(16)17)5-2-1-3-6-12/h1-9H2,(H,13,15)(H,16,17). The normalized spacial score (nSPS) is 26.0. The SMILES string of the molecule is O=C1CCN(C2(C(=O)O)CCCCC2)CCN1. The maximum Gasteiger partial charge on any atom is 0.324 e. The number of hydrogen-bond acceptors (Lipinski definition) is 3. The summed E-state index contributed by atoms with van der Waals surface area (Å²) in [5, 5.41) is 12.3. The molecule has 5 heteroatoms. The van der Waals surface area contributed by atoms with Crippen molar-refractivity contribution in [1.29, 1.82) is 0 Å². The fourth-order valence-electron chi connectivity index (χ4n) is 3.00. The number of rotatable bonds is 2. The number of nitrogens with one attached hydrogen (secondary N) is 1. The minimum Gasteiger partial charge on any atom is -0.480 e. The zero-order valence-corrected chi connectivity index (χ0v) is 10.1. The Morgan fingerprint density at radius 1 is 1.24 bits per heavy atom. The Bertz CT molecular complexity index is 311. The van der Waals surface area contributed by atoms with Gasteiger partial charge in [0.2, 0.25) is 5.91 Å². The Morgan fingerprint density at radius 2 is 1.94 bits per heavy atom. The number of carboxylic acid groups (broad SMARTS) is 1. The average Bonchev–Trinajstić information content (AvgIpc) is 2.55. The van der Waals surface area contributed by atoms with E-state index in [0.29, 0.717) is 26.1 Å². The Labute approximate surface area is 101 Å². The number of carbonyl (C=O) groups is 2. The van der Waals surface area contributed by atoms with Crippen LogP contribution in [0.15, 0.2) is 0 Å². The Balaban J connectivity index is 2.14. The molecule has 96 valence electrons. The van der Waals surface area contributed by atoms with E-state index >= 15 is 0 Å². The molecular weight excluding hydrogens is 220 g/mol. The Kier molecular flexibility index (Phi) is 3.66. The number of nitrogens with zero attached hydrogens (tertiary/aromatic N) is 1. The van der Waals surface area contributed by atoms with Gasteiger partial charge in [0, 0.05) is 26.1 Å². The summed E-state index contributed by atoms with van der Waals surface area (Å²) in [5.74, 6) is -0.685. The second-order valence-corrected chi connectivity index (χ2v) is 4.98. The third-order valence-corrected chi connectivity index (χ3v) is 4.00. The molecule has 0 bridgehead atoms. The van der Waals surface area contributed by atoms with Crippen molar-refractivity contribution >= 4 is 11.9 Å². The number of amides is 1. The molecule has 0 unspecified atom stereocenters. The van der Waals surface area contributed by atoms with Crippen molar-refractivity contribution in [3.05, 3.63) is 0 Å². The summed E-state index contributed by atoms with van der Waals surface area (Å²) >= 11 is 0. The molecule has 0 radical (unpaired) electrons. The van der Waals surface area contributed by atoms with E-state index in [1.807, 2.05) is 4.90 Å². The molecule has 2 rings (SSSR count). The van der Waals surface area contributed by atoms with Crippen molar-refractivity contribution in [2.24, 2.45) is 0 Å². The maximum atomic E-state index is 11.6. The van der Waals surface area contributed by atoms with Crippen molar-refractivity contribution in [2.45, 2.75) is 44.1 Å². The van der Waals surface area contributed by atoms with Gasteiger partial charge in [0.05, 0.1) is 0 Å². The lowest BCUT2D eigenvalue weighted by atomic mass is 9.80. The molecule has 1 heterocycles. The van der Waals surface area contributed by atoms with Crippen LogP contribution in [0.3, 0.4) is 0 Å². The molecule has 17 heavy (non-hydrogen) atoms. The van der Waals surface area contributed by atoms with Crippen molar-refractivity contribution in [1.82, 2.24) is 10.2 Å². The topological polar surface area (TPSA) is 69.6 Å². The van der Waals surface area contributed by atoms with Crippen molar-refractivity contribution in [2.75, 3.05) is 19.6 Å². The average molecular weight is 240 g/mol. The zero-order chi connectivity index (χ0) is 12.3. The third kappa shape index (κ3) is 2.44. The van der Waals surface area contributed by atoms with Gasteiger partial charge in [-0.15, -0.1) is 0 Å². The molecule has 5 nitrogen and oxygen atoms in total. The summed E-state index contributed by atoms with van der Waals surface area (Å²) in [6.45, 7) is 1.78. The quantitative estimate of drug-likeness (QED) is 0.741. The first-order valence-electron chi connectivity index (χ1n) is 6.40. The monoisotopic (exact) mass is 240 g/mol. The summed E-state index contributed by atoms with van der Waals surface area (Å²) in [5.41, 5.74) is -0.718. The van der Waals surface area contributed by atoms with Crippen molar-refractivity contribution < 1.29 is 14.7 Å². The highest BCUT2D eigenvalue weighted by Crippen LogP contribution is 2.34. The lowest BCUT2D eigenvalue weighted by molar-refractivity contribution is -0.154. The number of aliphatic carboxylic acids is 1. The smallest absolute Gasteiger partial charge is 0.324 e. The highest BCUT2D eigenvalue weighted by molar-refractivity contribution is 5.80. The zero-order valence-electron chi connectivity index (χ0n) is 10.1. The summed E-state index contributed by atoms with van der Waals surface area (Å²) in [6.07, 6.45) is 4.93. The van der Waals surface area contributed by atoms with E-state index in [2.05, 4.69) is 5.32 Å². The van der Waals surface area contributed by atoms with E-state index in [4.69, 9.17) is 0 Å². The molecule has 0 aromatic rings. The van der Waals surface area contributed by atoms with E-state index in [1.54, 1.807) is 0 Å². The van der Waals surface area contributed by atoms with Gasteiger partial charge in [0.15, 0.2) is 0 Å². The molecule has 2 fully saturated rings. The van der Waals surface area contributed by atoms with E-state index in [-0.39, 0.29) is 5.91 Å². The highest BCUT2D eigenvalue weighted by atomic mass is 16.4. The van der Waals surface area contributed by atoms with Crippen LogP contribution in [-0.4, -0.2) is 47.1 Å². The lowest BCUT2D eigenvalue weighted by Crippen LogP contribution is -2.56. The largest absolute Gasteiger partial charge is 0.480 e. The molecule has 1 aliphatic heterocycles. The molecular formula is C12H20N2O3. The number of carbonyl (C=O) groups excluding carboxylic acids is 1. The molecule has 1 aliphatic carbocycles. The molecule has 0 atom stereocenters. The van der Waals surface area contributed by atoms with Crippen LogP contribution in [0.2, 0.25) is 0 Å². The van der Waals surface area contributed by atoms with Crippen LogP contribution in [0.25, 0.3) is 0 Å². The minimum atomic E-state index is -0.718. The van der Waals surface area contributed by atoms with Gasteiger partial charge >= 0.3 is 5.97 Å². The van der Waals surface area contributed by atoms with Crippen LogP contribution in [0, 0.1) is 0 Å².